The largest absolute Gasteiger partial charge is 0.493 e. The highest BCUT2D eigenvalue weighted by Crippen LogP contribution is 2.43. The third kappa shape index (κ3) is 8.84. The molecule has 0 bridgehead atoms. The predicted molar refractivity (Wildman–Crippen MR) is 188 cm³/mol. The van der Waals surface area contributed by atoms with Gasteiger partial charge in [-0.1, -0.05) is 41.4 Å². The van der Waals surface area contributed by atoms with Crippen molar-refractivity contribution >= 4 is 47.0 Å². The van der Waals surface area contributed by atoms with E-state index in [4.69, 9.17) is 57.2 Å². The molecular formula is C36H40Cl2FN3O9. The Labute approximate surface area is 304 Å². The number of nitrogens with zero attached hydrogens (tertiary/aromatic N) is 1. The monoisotopic (exact) mass is 747 g/mol. The van der Waals surface area contributed by atoms with E-state index in [9.17, 15) is 14.0 Å². The Hall–Kier alpha value is -4.59. The number of halogens is 3. The quantitative estimate of drug-likeness (QED) is 0.209. The fourth-order valence-corrected chi connectivity index (χ4v) is 6.99. The summed E-state index contributed by atoms with van der Waals surface area (Å²) in [6.45, 7) is 2.66. The fraction of sp³-hybridized carbons (Fsp3) is 0.389. The minimum Gasteiger partial charge on any atom is -0.493 e. The third-order valence-electron chi connectivity index (χ3n) is 9.45. The number of carboxylic acid groups (broad SMARTS) is 2. The Bertz CT molecular complexity index is 1720. The zero-order chi connectivity index (χ0) is 37.3. The number of carbonyl (C=O) groups is 4. The molecule has 3 aromatic carbocycles. The second-order valence-corrected chi connectivity index (χ2v) is 13.1. The van der Waals surface area contributed by atoms with Crippen LogP contribution in [0, 0.1) is 5.82 Å². The number of carbonyl (C=O) groups excluding carboxylic acids is 2. The molecule has 0 radical (unpaired) electrons. The maximum Gasteiger partial charge on any atom is 0.414 e. The predicted octanol–water partition coefficient (Wildman–Crippen LogP) is 4.93. The highest BCUT2D eigenvalue weighted by atomic mass is 35.5. The van der Waals surface area contributed by atoms with E-state index in [0.29, 0.717) is 91.3 Å². The SMILES string of the molecule is COc1cc(C(=O)N2CCC(CCNC(=O)C3(c4ccc(F)cc4)CCNCC3)(c3ccc(Cl)c(Cl)c3)C2)cc(OC)c1OC.O=C(O)C(=O)O. The molecule has 15 heteroatoms. The minimum absolute atomic E-state index is 0.0803. The maximum absolute atomic E-state index is 13.9. The Kier molecular flexibility index (Phi) is 13.1. The Morgan fingerprint density at radius 3 is 1.96 bits per heavy atom. The number of ether oxygens (including phenoxy) is 3. The summed E-state index contributed by atoms with van der Waals surface area (Å²) in [6.07, 6.45) is 2.44. The van der Waals surface area contributed by atoms with Gasteiger partial charge in [-0.2, -0.15) is 0 Å². The van der Waals surface area contributed by atoms with Crippen molar-refractivity contribution in [1.29, 1.82) is 0 Å². The van der Waals surface area contributed by atoms with Crippen LogP contribution in [-0.4, -0.2) is 92.9 Å². The van der Waals surface area contributed by atoms with Gasteiger partial charge in [0.15, 0.2) is 11.5 Å². The second kappa shape index (κ2) is 17.1. The molecule has 0 aromatic heterocycles. The molecule has 2 heterocycles. The summed E-state index contributed by atoms with van der Waals surface area (Å²) >= 11 is 12.7. The van der Waals surface area contributed by atoms with Gasteiger partial charge in [0, 0.05) is 30.6 Å². The number of hydrogen-bond acceptors (Lipinski definition) is 8. The maximum atomic E-state index is 13.9. The van der Waals surface area contributed by atoms with E-state index in [2.05, 4.69) is 10.6 Å². The normalized spacial score (nSPS) is 17.8. The smallest absolute Gasteiger partial charge is 0.414 e. The summed E-state index contributed by atoms with van der Waals surface area (Å²) in [7, 11) is 4.53. The first kappa shape index (κ1) is 39.2. The van der Waals surface area contributed by atoms with Crippen molar-refractivity contribution in [2.75, 3.05) is 54.1 Å². The van der Waals surface area contributed by atoms with Crippen LogP contribution in [0.15, 0.2) is 54.6 Å². The lowest BCUT2D eigenvalue weighted by Gasteiger charge is -2.37. The standard InChI is InChI=1S/C34H38Cl2FN3O5.C2H2O4/c1-43-28-18-22(19-29(44-2)30(28)45-3)31(41)40-17-13-33(21-40,24-6-9-26(35)27(36)20-24)10-16-39-32(42)34(11-14-38-15-12-34)23-4-7-25(37)8-5-23;3-1(4)2(5)6/h4-9,18-20,38H,10-17,21H2,1-3H3,(H,39,42);(H,3,4)(H,5,6). The molecule has 2 amide bonds. The van der Waals surface area contributed by atoms with Crippen LogP contribution in [-0.2, 0) is 25.2 Å². The molecule has 0 saturated carbocycles. The van der Waals surface area contributed by atoms with Gasteiger partial charge in [0.2, 0.25) is 11.7 Å². The lowest BCUT2D eigenvalue weighted by Crippen LogP contribution is -2.51. The van der Waals surface area contributed by atoms with Crippen LogP contribution < -0.4 is 24.8 Å². The van der Waals surface area contributed by atoms with Gasteiger partial charge in [0.1, 0.15) is 5.82 Å². The highest BCUT2D eigenvalue weighted by molar-refractivity contribution is 6.42. The number of aliphatic carboxylic acids is 2. The first-order chi connectivity index (χ1) is 24.3. The van der Waals surface area contributed by atoms with E-state index in [1.807, 2.05) is 12.1 Å². The lowest BCUT2D eigenvalue weighted by molar-refractivity contribution is -0.159. The van der Waals surface area contributed by atoms with Crippen LogP contribution in [0.2, 0.25) is 10.0 Å². The Balaban J connectivity index is 0.000000894. The Morgan fingerprint density at radius 2 is 1.43 bits per heavy atom. The summed E-state index contributed by atoms with van der Waals surface area (Å²) in [4.78, 5) is 47.7. The van der Waals surface area contributed by atoms with Crippen LogP contribution in [0.4, 0.5) is 4.39 Å². The van der Waals surface area contributed by atoms with Crippen LogP contribution in [0.5, 0.6) is 17.2 Å². The van der Waals surface area contributed by atoms with Crippen LogP contribution in [0.3, 0.4) is 0 Å². The van der Waals surface area contributed by atoms with E-state index in [1.165, 1.54) is 33.5 Å². The Morgan fingerprint density at radius 1 is 0.843 bits per heavy atom. The molecular weight excluding hydrogens is 708 g/mol. The van der Waals surface area contributed by atoms with Gasteiger partial charge in [-0.05, 0) is 86.3 Å². The summed E-state index contributed by atoms with van der Waals surface area (Å²) in [6, 6.07) is 15.1. The van der Waals surface area contributed by atoms with Crippen LogP contribution in [0.1, 0.15) is 47.2 Å². The minimum atomic E-state index is -1.82. The van der Waals surface area contributed by atoms with Crippen LogP contribution >= 0.6 is 23.2 Å². The molecule has 3 aromatic rings. The number of methoxy groups -OCH3 is 3. The highest BCUT2D eigenvalue weighted by Gasteiger charge is 2.44. The number of benzene rings is 3. The molecule has 12 nitrogen and oxygen atoms in total. The third-order valence-corrected chi connectivity index (χ3v) is 10.2. The number of likely N-dealkylation sites (tertiary alicyclic amines) is 1. The van der Waals surface area contributed by atoms with Gasteiger partial charge in [-0.25, -0.2) is 14.0 Å². The molecule has 2 aliphatic rings. The second-order valence-electron chi connectivity index (χ2n) is 12.3. The van der Waals surface area contributed by atoms with E-state index >= 15 is 0 Å². The number of amides is 2. The van der Waals surface area contributed by atoms with E-state index in [-0.39, 0.29) is 17.6 Å². The molecule has 5 rings (SSSR count). The number of nitrogens with one attached hydrogen (secondary N) is 2. The van der Waals surface area contributed by atoms with Gasteiger partial charge >= 0.3 is 11.9 Å². The van der Waals surface area contributed by atoms with Gasteiger partial charge < -0.3 is 40.0 Å². The van der Waals surface area contributed by atoms with Crippen molar-refractivity contribution in [2.24, 2.45) is 0 Å². The molecule has 274 valence electrons. The molecule has 1 atom stereocenters. The fourth-order valence-electron chi connectivity index (χ4n) is 6.70. The van der Waals surface area contributed by atoms with Crippen molar-refractivity contribution < 1.29 is 48.0 Å². The average molecular weight is 749 g/mol. The number of carboxylic acids is 2. The molecule has 0 spiro atoms. The van der Waals surface area contributed by atoms with E-state index in [1.54, 1.807) is 35.2 Å². The van der Waals surface area contributed by atoms with Crippen molar-refractivity contribution in [3.8, 4) is 17.2 Å². The first-order valence-electron chi connectivity index (χ1n) is 16.1. The zero-order valence-corrected chi connectivity index (χ0v) is 29.9. The van der Waals surface area contributed by atoms with Gasteiger partial charge in [-0.3, -0.25) is 9.59 Å². The summed E-state index contributed by atoms with van der Waals surface area (Å²) in [5.74, 6) is -3.04. The van der Waals surface area contributed by atoms with Crippen molar-refractivity contribution in [1.82, 2.24) is 15.5 Å². The topological polar surface area (TPSA) is 164 Å². The van der Waals surface area contributed by atoms with Gasteiger partial charge in [0.25, 0.3) is 5.91 Å². The molecule has 0 aliphatic carbocycles. The molecule has 1 unspecified atom stereocenters. The molecule has 51 heavy (non-hydrogen) atoms. The van der Waals surface area contributed by atoms with E-state index in [0.717, 1.165) is 11.1 Å². The van der Waals surface area contributed by atoms with Crippen molar-refractivity contribution in [3.63, 3.8) is 0 Å². The summed E-state index contributed by atoms with van der Waals surface area (Å²) in [5, 5.41) is 22.2. The first-order valence-corrected chi connectivity index (χ1v) is 16.8. The van der Waals surface area contributed by atoms with Crippen LogP contribution in [0.25, 0.3) is 0 Å². The molecule has 2 fully saturated rings. The van der Waals surface area contributed by atoms with E-state index < -0.39 is 22.8 Å². The number of hydrogen-bond donors (Lipinski definition) is 4. The summed E-state index contributed by atoms with van der Waals surface area (Å²) in [5.41, 5.74) is 0.927. The van der Waals surface area contributed by atoms with Gasteiger partial charge in [-0.15, -0.1) is 0 Å². The van der Waals surface area contributed by atoms with Crippen molar-refractivity contribution in [3.05, 3.63) is 87.2 Å². The lowest BCUT2D eigenvalue weighted by atomic mass is 9.72. The zero-order valence-electron chi connectivity index (χ0n) is 28.4. The average Bonchev–Trinajstić information content (AvgIpc) is 3.57. The number of piperidine rings is 1. The van der Waals surface area contributed by atoms with Crippen molar-refractivity contribution in [2.45, 2.75) is 36.5 Å². The van der Waals surface area contributed by atoms with Gasteiger partial charge in [0.05, 0.1) is 36.8 Å². The molecule has 2 aliphatic heterocycles. The molecule has 4 N–H and O–H groups in total. The summed E-state index contributed by atoms with van der Waals surface area (Å²) < 4.78 is 30.1. The number of rotatable bonds is 10. The molecule has 2 saturated heterocycles.